The lowest BCUT2D eigenvalue weighted by Gasteiger charge is -2.30. The average Bonchev–Trinajstić information content (AvgIpc) is 3.04. The number of rotatable bonds is 5. The maximum absolute atomic E-state index is 11.3. The Morgan fingerprint density at radius 2 is 2.12 bits per heavy atom. The average molecular weight is 343 g/mol. The highest BCUT2D eigenvalue weighted by molar-refractivity contribution is 7.14. The van der Waals surface area contributed by atoms with Crippen LogP contribution in [0.2, 0.25) is 0 Å². The van der Waals surface area contributed by atoms with Crippen LogP contribution in [-0.4, -0.2) is 24.0 Å². The number of carbonyl (C=O) groups is 1. The fourth-order valence-corrected chi connectivity index (χ4v) is 4.11. The summed E-state index contributed by atoms with van der Waals surface area (Å²) in [5.41, 5.74) is 8.99. The van der Waals surface area contributed by atoms with Gasteiger partial charge in [-0.05, 0) is 36.8 Å². The minimum Gasteiger partial charge on any atom is -0.369 e. The molecular weight excluding hydrogens is 318 g/mol. The number of piperidine rings is 1. The van der Waals surface area contributed by atoms with E-state index in [1.54, 1.807) is 11.3 Å². The number of thiazole rings is 1. The highest BCUT2D eigenvalue weighted by Gasteiger charge is 2.24. The van der Waals surface area contributed by atoms with E-state index in [-0.39, 0.29) is 11.8 Å². The van der Waals surface area contributed by atoms with Gasteiger partial charge in [0, 0.05) is 30.0 Å². The smallest absolute Gasteiger partial charge is 0.220 e. The first-order valence-corrected chi connectivity index (χ1v) is 9.50. The summed E-state index contributed by atoms with van der Waals surface area (Å²) in [5.74, 6) is 0.502. The van der Waals surface area contributed by atoms with Gasteiger partial charge >= 0.3 is 0 Å². The van der Waals surface area contributed by atoms with Gasteiger partial charge in [-0.2, -0.15) is 0 Å². The van der Waals surface area contributed by atoms with Crippen LogP contribution in [0.25, 0.3) is 11.3 Å². The van der Waals surface area contributed by atoms with Crippen LogP contribution in [-0.2, 0) is 11.2 Å². The predicted octanol–water partition coefficient (Wildman–Crippen LogP) is 3.71. The molecule has 0 spiro atoms. The van der Waals surface area contributed by atoms with Gasteiger partial charge in [-0.15, -0.1) is 11.3 Å². The molecule has 0 radical (unpaired) electrons. The van der Waals surface area contributed by atoms with Crippen molar-refractivity contribution >= 4 is 22.4 Å². The number of hydrogen-bond acceptors (Lipinski definition) is 4. The van der Waals surface area contributed by atoms with Crippen molar-refractivity contribution in [2.24, 2.45) is 17.6 Å². The molecule has 4 nitrogen and oxygen atoms in total. The molecule has 3 rings (SSSR count). The second kappa shape index (κ2) is 7.34. The summed E-state index contributed by atoms with van der Waals surface area (Å²) in [6.07, 6.45) is 2.74. The van der Waals surface area contributed by atoms with Gasteiger partial charge in [0.2, 0.25) is 5.91 Å². The molecule has 1 aromatic heterocycles. The lowest BCUT2D eigenvalue weighted by Crippen LogP contribution is -2.38. The Kier molecular flexibility index (Phi) is 5.19. The fraction of sp³-hybridized carbons (Fsp3) is 0.474. The zero-order valence-electron chi connectivity index (χ0n) is 14.4. The first-order chi connectivity index (χ1) is 11.5. The number of anilines is 1. The third-order valence-corrected chi connectivity index (χ3v) is 5.43. The van der Waals surface area contributed by atoms with Gasteiger partial charge in [0.25, 0.3) is 0 Å². The van der Waals surface area contributed by atoms with Gasteiger partial charge in [-0.25, -0.2) is 4.98 Å². The second-order valence-corrected chi connectivity index (χ2v) is 7.81. The number of aromatic nitrogens is 1. The Bertz CT molecular complexity index is 702. The molecule has 24 heavy (non-hydrogen) atoms. The fourth-order valence-electron chi connectivity index (χ4n) is 3.23. The summed E-state index contributed by atoms with van der Waals surface area (Å²) in [6.45, 7) is 6.19. The van der Waals surface area contributed by atoms with Crippen LogP contribution < -0.4 is 10.6 Å². The monoisotopic (exact) mass is 343 g/mol. The van der Waals surface area contributed by atoms with Crippen LogP contribution in [0.5, 0.6) is 0 Å². The Morgan fingerprint density at radius 1 is 1.38 bits per heavy atom. The van der Waals surface area contributed by atoms with E-state index < -0.39 is 0 Å². The number of hydrogen-bond donors (Lipinski definition) is 1. The molecule has 1 aliphatic heterocycles. The van der Waals surface area contributed by atoms with Crippen molar-refractivity contribution in [2.45, 2.75) is 33.1 Å². The third-order valence-electron chi connectivity index (χ3n) is 4.53. The Balaban J connectivity index is 1.71. The van der Waals surface area contributed by atoms with E-state index in [9.17, 15) is 4.79 Å². The molecule has 1 aliphatic rings. The number of carbonyl (C=O) groups excluding carboxylic acids is 1. The molecule has 5 heteroatoms. The predicted molar refractivity (Wildman–Crippen MR) is 100 cm³/mol. The number of nitrogens with two attached hydrogens (primary N) is 1. The lowest BCUT2D eigenvalue weighted by molar-refractivity contribution is -0.122. The van der Waals surface area contributed by atoms with Crippen LogP contribution in [0.4, 0.5) is 5.13 Å². The minimum atomic E-state index is -0.170. The molecule has 0 aliphatic carbocycles. The molecular formula is C19H25N3OS. The van der Waals surface area contributed by atoms with Crippen LogP contribution in [0, 0.1) is 11.8 Å². The molecule has 2 N–H and O–H groups in total. The van der Waals surface area contributed by atoms with E-state index in [0.29, 0.717) is 5.92 Å². The van der Waals surface area contributed by atoms with Crippen LogP contribution in [0.3, 0.4) is 0 Å². The van der Waals surface area contributed by atoms with E-state index in [2.05, 4.69) is 48.4 Å². The van der Waals surface area contributed by atoms with E-state index >= 15 is 0 Å². The molecule has 1 amide bonds. The Labute approximate surface area is 147 Å². The normalized spacial score (nSPS) is 15.9. The van der Waals surface area contributed by atoms with E-state index in [4.69, 9.17) is 10.7 Å². The minimum absolute atomic E-state index is 0.0217. The molecule has 2 heterocycles. The van der Waals surface area contributed by atoms with Crippen molar-refractivity contribution in [3.8, 4) is 11.3 Å². The third kappa shape index (κ3) is 3.96. The standard InChI is InChI=1S/C19H25N3OS/c1-13(2)10-14-4-3-5-16(11-14)17-12-24-19(21-17)22-8-6-15(7-9-22)18(20)23/h3-5,11-13,15H,6-10H2,1-2H3,(H2,20,23). The maximum Gasteiger partial charge on any atom is 0.220 e. The van der Waals surface area contributed by atoms with Crippen LogP contribution in [0.15, 0.2) is 29.6 Å². The zero-order chi connectivity index (χ0) is 17.1. The summed E-state index contributed by atoms with van der Waals surface area (Å²) in [7, 11) is 0. The quantitative estimate of drug-likeness (QED) is 0.900. The van der Waals surface area contributed by atoms with Crippen molar-refractivity contribution in [3.05, 3.63) is 35.2 Å². The first-order valence-electron chi connectivity index (χ1n) is 8.62. The SMILES string of the molecule is CC(C)Cc1cccc(-c2csc(N3CCC(C(N)=O)CC3)n2)c1. The maximum atomic E-state index is 11.3. The molecule has 1 saturated heterocycles. The van der Waals surface area contributed by atoms with E-state index in [1.807, 2.05) is 0 Å². The number of benzene rings is 1. The number of primary amides is 1. The van der Waals surface area contributed by atoms with Crippen LogP contribution >= 0.6 is 11.3 Å². The summed E-state index contributed by atoms with van der Waals surface area (Å²) >= 11 is 1.68. The molecule has 2 aromatic rings. The number of nitrogens with zero attached hydrogens (tertiary/aromatic N) is 2. The molecule has 0 unspecified atom stereocenters. The van der Waals surface area contributed by atoms with Crippen molar-refractivity contribution in [1.82, 2.24) is 4.98 Å². The molecule has 1 aromatic carbocycles. The van der Waals surface area contributed by atoms with Crippen molar-refractivity contribution in [2.75, 3.05) is 18.0 Å². The highest BCUT2D eigenvalue weighted by atomic mass is 32.1. The Hall–Kier alpha value is -1.88. The van der Waals surface area contributed by atoms with E-state index in [1.165, 1.54) is 11.1 Å². The molecule has 0 bridgehead atoms. The number of amides is 1. The van der Waals surface area contributed by atoms with Gasteiger partial charge in [0.05, 0.1) is 5.69 Å². The van der Waals surface area contributed by atoms with Gasteiger partial charge in [-0.3, -0.25) is 4.79 Å². The largest absolute Gasteiger partial charge is 0.369 e. The van der Waals surface area contributed by atoms with Gasteiger partial charge < -0.3 is 10.6 Å². The zero-order valence-corrected chi connectivity index (χ0v) is 15.2. The van der Waals surface area contributed by atoms with Crippen LogP contribution in [0.1, 0.15) is 32.3 Å². The molecule has 0 atom stereocenters. The van der Waals surface area contributed by atoms with Gasteiger partial charge in [-0.1, -0.05) is 32.0 Å². The van der Waals surface area contributed by atoms with Crippen molar-refractivity contribution in [3.63, 3.8) is 0 Å². The van der Waals surface area contributed by atoms with E-state index in [0.717, 1.165) is 43.2 Å². The first kappa shape index (κ1) is 17.0. The van der Waals surface area contributed by atoms with Crippen molar-refractivity contribution in [1.29, 1.82) is 0 Å². The molecule has 1 fully saturated rings. The summed E-state index contributed by atoms with van der Waals surface area (Å²) in [6, 6.07) is 8.68. The topological polar surface area (TPSA) is 59.2 Å². The van der Waals surface area contributed by atoms with Gasteiger partial charge in [0.1, 0.15) is 0 Å². The lowest BCUT2D eigenvalue weighted by atomic mass is 9.97. The summed E-state index contributed by atoms with van der Waals surface area (Å²) in [5, 5.41) is 3.17. The Morgan fingerprint density at radius 3 is 2.79 bits per heavy atom. The summed E-state index contributed by atoms with van der Waals surface area (Å²) in [4.78, 5) is 18.4. The van der Waals surface area contributed by atoms with Crippen molar-refractivity contribution < 1.29 is 4.79 Å². The molecule has 128 valence electrons. The summed E-state index contributed by atoms with van der Waals surface area (Å²) < 4.78 is 0. The highest BCUT2D eigenvalue weighted by Crippen LogP contribution is 2.30. The second-order valence-electron chi connectivity index (χ2n) is 6.98. The van der Waals surface area contributed by atoms with Gasteiger partial charge in [0.15, 0.2) is 5.13 Å². The molecule has 0 saturated carbocycles.